The second-order valence-electron chi connectivity index (χ2n) is 7.64. The van der Waals surface area contributed by atoms with E-state index in [4.69, 9.17) is 0 Å². The van der Waals surface area contributed by atoms with Crippen molar-refractivity contribution in [2.24, 2.45) is 0 Å². The summed E-state index contributed by atoms with van der Waals surface area (Å²) in [6, 6.07) is 12.7. The van der Waals surface area contributed by atoms with Crippen molar-refractivity contribution in [2.75, 3.05) is 15.9 Å². The molecule has 8 heteroatoms. The fraction of sp³-hybridized carbons (Fsp3) is 0.391. The zero-order valence-electron chi connectivity index (χ0n) is 18.7. The summed E-state index contributed by atoms with van der Waals surface area (Å²) in [6.07, 6.45) is 2.11. The summed E-state index contributed by atoms with van der Waals surface area (Å²) in [5, 5.41) is 5.65. The zero-order valence-corrected chi connectivity index (χ0v) is 19.5. The molecule has 0 fully saturated rings. The topological polar surface area (TPSA) is 95.6 Å². The van der Waals surface area contributed by atoms with E-state index in [2.05, 4.69) is 10.6 Å². The van der Waals surface area contributed by atoms with Gasteiger partial charge in [-0.05, 0) is 51.0 Å². The molecule has 31 heavy (non-hydrogen) atoms. The number of para-hydroxylation sites is 1. The average Bonchev–Trinajstić information content (AvgIpc) is 2.72. The molecule has 0 aliphatic rings. The van der Waals surface area contributed by atoms with Gasteiger partial charge in [0.05, 0.1) is 23.2 Å². The van der Waals surface area contributed by atoms with Gasteiger partial charge >= 0.3 is 0 Å². The summed E-state index contributed by atoms with van der Waals surface area (Å²) < 4.78 is 26.3. The van der Waals surface area contributed by atoms with E-state index >= 15 is 0 Å². The molecule has 0 heterocycles. The van der Waals surface area contributed by atoms with Crippen LogP contribution in [0.3, 0.4) is 0 Å². The molecule has 0 radical (unpaired) electrons. The predicted molar refractivity (Wildman–Crippen MR) is 125 cm³/mol. The molecular formula is C23H31N3O4S. The summed E-state index contributed by atoms with van der Waals surface area (Å²) in [6.45, 7) is 7.52. The first-order valence-electron chi connectivity index (χ1n) is 10.3. The van der Waals surface area contributed by atoms with Crippen LogP contribution in [0.4, 0.5) is 11.4 Å². The highest BCUT2D eigenvalue weighted by molar-refractivity contribution is 7.92. The molecule has 0 bridgehead atoms. The third-order valence-electron chi connectivity index (χ3n) is 5.04. The molecular weight excluding hydrogens is 414 g/mol. The van der Waals surface area contributed by atoms with Crippen molar-refractivity contribution in [3.05, 3.63) is 59.7 Å². The molecule has 0 unspecified atom stereocenters. The minimum Gasteiger partial charge on any atom is -0.350 e. The van der Waals surface area contributed by atoms with E-state index in [9.17, 15) is 18.0 Å². The van der Waals surface area contributed by atoms with Gasteiger partial charge in [-0.15, -0.1) is 0 Å². The van der Waals surface area contributed by atoms with Gasteiger partial charge in [0.15, 0.2) is 0 Å². The highest BCUT2D eigenvalue weighted by Crippen LogP contribution is 2.24. The van der Waals surface area contributed by atoms with Crippen LogP contribution in [0.1, 0.15) is 49.5 Å². The molecule has 0 aliphatic heterocycles. The smallest absolute Gasteiger partial charge is 0.253 e. The lowest BCUT2D eigenvalue weighted by Crippen LogP contribution is -2.47. The summed E-state index contributed by atoms with van der Waals surface area (Å²) >= 11 is 0. The van der Waals surface area contributed by atoms with E-state index in [0.717, 1.165) is 22.5 Å². The van der Waals surface area contributed by atoms with Crippen LogP contribution in [-0.4, -0.2) is 38.6 Å². The van der Waals surface area contributed by atoms with Crippen LogP contribution < -0.4 is 14.9 Å². The van der Waals surface area contributed by atoms with Crippen LogP contribution >= 0.6 is 0 Å². The highest BCUT2D eigenvalue weighted by atomic mass is 32.2. The van der Waals surface area contributed by atoms with E-state index in [1.54, 1.807) is 55.5 Å². The Balaban J connectivity index is 2.36. The first-order chi connectivity index (χ1) is 14.6. The summed E-state index contributed by atoms with van der Waals surface area (Å²) in [5.41, 5.74) is 2.06. The number of aryl methyl sites for hydroxylation is 1. The number of carbonyl (C=O) groups is 2. The number of hydrogen-bond donors (Lipinski definition) is 2. The van der Waals surface area contributed by atoms with Gasteiger partial charge in [-0.1, -0.05) is 43.7 Å². The largest absolute Gasteiger partial charge is 0.350 e. The van der Waals surface area contributed by atoms with Crippen molar-refractivity contribution in [1.82, 2.24) is 5.32 Å². The van der Waals surface area contributed by atoms with Gasteiger partial charge in [-0.3, -0.25) is 13.9 Å². The minimum atomic E-state index is -3.73. The quantitative estimate of drug-likeness (QED) is 0.615. The van der Waals surface area contributed by atoms with Crippen LogP contribution in [-0.2, 0) is 14.8 Å². The van der Waals surface area contributed by atoms with E-state index in [0.29, 0.717) is 16.9 Å². The molecule has 168 valence electrons. The Kier molecular flexibility index (Phi) is 8.21. The molecule has 2 aromatic carbocycles. The van der Waals surface area contributed by atoms with Crippen LogP contribution in [0, 0.1) is 6.92 Å². The molecule has 2 aromatic rings. The van der Waals surface area contributed by atoms with E-state index in [1.165, 1.54) is 0 Å². The molecule has 2 atom stereocenters. The zero-order chi connectivity index (χ0) is 23.2. The molecule has 0 spiro atoms. The maximum Gasteiger partial charge on any atom is 0.253 e. The molecule has 0 aromatic heterocycles. The van der Waals surface area contributed by atoms with Gasteiger partial charge in [-0.25, -0.2) is 8.42 Å². The van der Waals surface area contributed by atoms with Crippen molar-refractivity contribution in [3.63, 3.8) is 0 Å². The molecule has 0 saturated heterocycles. The molecule has 7 nitrogen and oxygen atoms in total. The number of hydrogen-bond acceptors (Lipinski definition) is 4. The summed E-state index contributed by atoms with van der Waals surface area (Å²) in [7, 11) is -3.73. The van der Waals surface area contributed by atoms with Gasteiger partial charge in [0.1, 0.15) is 6.04 Å². The number of nitrogens with zero attached hydrogens (tertiary/aromatic N) is 1. The third kappa shape index (κ3) is 6.30. The standard InChI is InChI=1S/C23H31N3O4S/c1-6-17(4)24-22(27)19-10-8-9-11-20(19)25-23(28)21(7-2)26(31(5,29)30)18-14-12-16(3)13-15-18/h8-15,17,21H,6-7H2,1-5H3,(H,24,27)(H,25,28)/t17-,21+/m0/s1. The maximum absolute atomic E-state index is 13.2. The van der Waals surface area contributed by atoms with Crippen molar-refractivity contribution < 1.29 is 18.0 Å². The van der Waals surface area contributed by atoms with E-state index < -0.39 is 22.0 Å². The van der Waals surface area contributed by atoms with Crippen LogP contribution in [0.5, 0.6) is 0 Å². The predicted octanol–water partition coefficient (Wildman–Crippen LogP) is 3.71. The van der Waals surface area contributed by atoms with Gasteiger partial charge < -0.3 is 10.6 Å². The Labute approximate surface area is 184 Å². The van der Waals surface area contributed by atoms with Crippen LogP contribution in [0.15, 0.2) is 48.5 Å². The van der Waals surface area contributed by atoms with Gasteiger partial charge in [-0.2, -0.15) is 0 Å². The molecule has 0 aliphatic carbocycles. The molecule has 2 amide bonds. The average molecular weight is 446 g/mol. The number of benzene rings is 2. The fourth-order valence-electron chi connectivity index (χ4n) is 3.16. The molecule has 2 rings (SSSR count). The number of sulfonamides is 1. The Hall–Kier alpha value is -2.87. The molecule has 2 N–H and O–H groups in total. The first-order valence-corrected chi connectivity index (χ1v) is 12.2. The van der Waals surface area contributed by atoms with Crippen LogP contribution in [0.2, 0.25) is 0 Å². The SMILES string of the molecule is CC[C@H](C(=O)Nc1ccccc1C(=O)N[C@@H](C)CC)N(c1ccc(C)cc1)S(C)(=O)=O. The molecule has 0 saturated carbocycles. The fourth-order valence-corrected chi connectivity index (χ4v) is 4.37. The number of carbonyl (C=O) groups excluding carboxylic acids is 2. The maximum atomic E-state index is 13.2. The lowest BCUT2D eigenvalue weighted by atomic mass is 10.1. The highest BCUT2D eigenvalue weighted by Gasteiger charge is 2.32. The lowest BCUT2D eigenvalue weighted by molar-refractivity contribution is -0.117. The van der Waals surface area contributed by atoms with Crippen LogP contribution in [0.25, 0.3) is 0 Å². The number of amides is 2. The minimum absolute atomic E-state index is 0.0121. The number of anilines is 2. The van der Waals surface area contributed by atoms with Crippen molar-refractivity contribution >= 4 is 33.2 Å². The lowest BCUT2D eigenvalue weighted by Gasteiger charge is -2.30. The Morgan fingerprint density at radius 1 is 1.00 bits per heavy atom. The normalized spacial score (nSPS) is 13.2. The van der Waals surface area contributed by atoms with E-state index in [-0.39, 0.29) is 18.4 Å². The van der Waals surface area contributed by atoms with Gasteiger partial charge in [0.2, 0.25) is 15.9 Å². The van der Waals surface area contributed by atoms with Crippen molar-refractivity contribution in [1.29, 1.82) is 0 Å². The summed E-state index contributed by atoms with van der Waals surface area (Å²) in [5.74, 6) is -0.797. The number of nitrogens with one attached hydrogen (secondary N) is 2. The van der Waals surface area contributed by atoms with E-state index in [1.807, 2.05) is 20.8 Å². The first kappa shape index (κ1) is 24.4. The monoisotopic (exact) mass is 445 g/mol. The number of rotatable bonds is 9. The second-order valence-corrected chi connectivity index (χ2v) is 9.50. The van der Waals surface area contributed by atoms with Gasteiger partial charge in [0.25, 0.3) is 5.91 Å². The Morgan fingerprint density at radius 3 is 2.16 bits per heavy atom. The third-order valence-corrected chi connectivity index (χ3v) is 6.22. The Morgan fingerprint density at radius 2 is 1.61 bits per heavy atom. The second kappa shape index (κ2) is 10.4. The van der Waals surface area contributed by atoms with Crippen molar-refractivity contribution in [2.45, 2.75) is 52.6 Å². The Bertz CT molecular complexity index is 1020. The summed E-state index contributed by atoms with van der Waals surface area (Å²) in [4.78, 5) is 25.8. The van der Waals surface area contributed by atoms with Gasteiger partial charge in [0, 0.05) is 6.04 Å². The van der Waals surface area contributed by atoms with Crippen molar-refractivity contribution in [3.8, 4) is 0 Å².